The zero-order chi connectivity index (χ0) is 24.4. The topological polar surface area (TPSA) is 97.0 Å². The number of anilines is 2. The molecule has 34 heavy (non-hydrogen) atoms. The first-order valence-corrected chi connectivity index (χ1v) is 10.6. The Morgan fingerprint density at radius 3 is 2.91 bits per heavy atom. The number of rotatable bonds is 6. The summed E-state index contributed by atoms with van der Waals surface area (Å²) in [6.45, 7) is 2.80. The second-order valence-corrected chi connectivity index (χ2v) is 8.01. The van der Waals surface area contributed by atoms with E-state index in [-0.39, 0.29) is 23.2 Å². The van der Waals surface area contributed by atoms with Gasteiger partial charge in [0.1, 0.15) is 29.3 Å². The average molecular weight is 466 g/mol. The van der Waals surface area contributed by atoms with Crippen molar-refractivity contribution in [2.45, 2.75) is 32.2 Å². The third-order valence-corrected chi connectivity index (χ3v) is 5.72. The van der Waals surface area contributed by atoms with Crippen LogP contribution in [-0.2, 0) is 4.79 Å². The van der Waals surface area contributed by atoms with E-state index in [2.05, 4.69) is 38.3 Å². The van der Waals surface area contributed by atoms with Gasteiger partial charge in [-0.3, -0.25) is 4.79 Å². The van der Waals surface area contributed by atoms with Crippen LogP contribution in [0.25, 0.3) is 10.9 Å². The van der Waals surface area contributed by atoms with Gasteiger partial charge >= 0.3 is 0 Å². The maximum absolute atomic E-state index is 14.7. The lowest BCUT2D eigenvalue weighted by molar-refractivity contribution is -0.122. The lowest BCUT2D eigenvalue weighted by atomic mass is 9.97. The van der Waals surface area contributed by atoms with Crippen molar-refractivity contribution in [3.8, 4) is 12.3 Å². The highest BCUT2D eigenvalue weighted by atomic mass is 19.3. The van der Waals surface area contributed by atoms with Gasteiger partial charge in [0.2, 0.25) is 5.91 Å². The van der Waals surface area contributed by atoms with Crippen LogP contribution in [0.1, 0.15) is 42.3 Å². The van der Waals surface area contributed by atoms with Gasteiger partial charge in [0, 0.05) is 24.5 Å². The second kappa shape index (κ2) is 9.44. The fourth-order valence-corrected chi connectivity index (χ4v) is 3.99. The molecule has 3 heterocycles. The minimum Gasteiger partial charge on any atom is -0.369 e. The first-order chi connectivity index (χ1) is 16.3. The number of alkyl halides is 2. The second-order valence-electron chi connectivity index (χ2n) is 8.01. The number of piperidine rings is 1. The number of terminal acetylenes is 1. The number of primary amides is 1. The van der Waals surface area contributed by atoms with Crippen LogP contribution >= 0.6 is 0 Å². The summed E-state index contributed by atoms with van der Waals surface area (Å²) in [4.78, 5) is 26.9. The van der Waals surface area contributed by atoms with E-state index < -0.39 is 23.8 Å². The number of hydrogen-bond acceptors (Lipinski definition) is 6. The zero-order valence-electron chi connectivity index (χ0n) is 18.3. The largest absolute Gasteiger partial charge is 0.369 e. The molecule has 10 heteroatoms. The fraction of sp³-hybridized carbons (Fsp3) is 0.333. The van der Waals surface area contributed by atoms with Crippen LogP contribution in [0, 0.1) is 43.1 Å². The molecule has 1 aliphatic heterocycles. The number of nitrogens with one attached hydrogen (secondary N) is 1. The number of fused-ring (bicyclic) bond motifs is 1. The molecule has 1 amide bonds. The molecule has 0 unspecified atom stereocenters. The van der Waals surface area contributed by atoms with E-state index in [9.17, 15) is 18.0 Å². The van der Waals surface area contributed by atoms with E-state index in [1.807, 2.05) is 4.90 Å². The maximum atomic E-state index is 14.7. The van der Waals surface area contributed by atoms with Gasteiger partial charge in [-0.1, -0.05) is 18.1 Å². The van der Waals surface area contributed by atoms with Crippen molar-refractivity contribution in [2.24, 2.45) is 11.7 Å². The molecule has 3 N–H and O–H groups in total. The molecule has 0 radical (unpaired) electrons. The summed E-state index contributed by atoms with van der Waals surface area (Å²) >= 11 is 0. The maximum Gasteiger partial charge on any atom is 0.267 e. The Kier molecular flexibility index (Phi) is 6.42. The quantitative estimate of drug-likeness (QED) is 0.540. The Balaban J connectivity index is 1.72. The Hall–Kier alpha value is -4.05. The van der Waals surface area contributed by atoms with Crippen molar-refractivity contribution in [1.29, 1.82) is 0 Å². The molecule has 0 bridgehead atoms. The minimum absolute atomic E-state index is 0.265. The van der Waals surface area contributed by atoms with Crippen molar-refractivity contribution in [3.05, 3.63) is 53.2 Å². The number of nitrogens with zero attached hydrogens (tertiary/aromatic N) is 4. The third-order valence-electron chi connectivity index (χ3n) is 5.72. The van der Waals surface area contributed by atoms with Crippen LogP contribution in [0.2, 0.25) is 0 Å². The molecule has 2 aromatic heterocycles. The van der Waals surface area contributed by atoms with Gasteiger partial charge in [0.05, 0.1) is 28.8 Å². The highest BCUT2D eigenvalue weighted by molar-refractivity contribution is 5.91. The van der Waals surface area contributed by atoms with Crippen molar-refractivity contribution < 1.29 is 18.0 Å². The summed E-state index contributed by atoms with van der Waals surface area (Å²) < 4.78 is 41.0. The monoisotopic (exact) mass is 466 g/mol. The van der Waals surface area contributed by atoms with Gasteiger partial charge in [-0.15, -0.1) is 6.42 Å². The molecule has 4 rings (SSSR count). The van der Waals surface area contributed by atoms with Crippen molar-refractivity contribution in [3.63, 3.8) is 0 Å². The molecule has 3 aromatic rings. The predicted molar refractivity (Wildman–Crippen MR) is 120 cm³/mol. The number of hydrogen-bond donors (Lipinski definition) is 2. The SMILES string of the molecule is C#C[C@@H](Nc1nc(C)nc2cnc(N3CCC[C@H](C(N)=O)C3)cc12)c1c#ccc(C(F)F)c1F. The summed E-state index contributed by atoms with van der Waals surface area (Å²) in [6, 6.07) is 6.35. The number of nitrogens with two attached hydrogens (primary N) is 1. The van der Waals surface area contributed by atoms with E-state index in [1.54, 1.807) is 19.2 Å². The van der Waals surface area contributed by atoms with Gasteiger partial charge in [-0.25, -0.2) is 28.1 Å². The van der Waals surface area contributed by atoms with Crippen LogP contribution in [0.3, 0.4) is 0 Å². The normalized spacial score (nSPS) is 16.7. The fourth-order valence-electron chi connectivity index (χ4n) is 3.99. The number of aryl methyl sites for hydroxylation is 1. The van der Waals surface area contributed by atoms with Gasteiger partial charge < -0.3 is 16.0 Å². The summed E-state index contributed by atoms with van der Waals surface area (Å²) in [5.74, 6) is 1.88. The first-order valence-electron chi connectivity index (χ1n) is 10.6. The molecule has 1 aliphatic rings. The van der Waals surface area contributed by atoms with Gasteiger partial charge in [-0.05, 0) is 25.8 Å². The van der Waals surface area contributed by atoms with Gasteiger partial charge in [-0.2, -0.15) is 0 Å². The number of halogens is 3. The summed E-state index contributed by atoms with van der Waals surface area (Å²) in [5, 5.41) is 3.50. The van der Waals surface area contributed by atoms with Crippen LogP contribution in [0.15, 0.2) is 18.3 Å². The lowest BCUT2D eigenvalue weighted by Crippen LogP contribution is -2.41. The minimum atomic E-state index is -3.02. The van der Waals surface area contributed by atoms with Gasteiger partial charge in [0.15, 0.2) is 0 Å². The molecule has 1 saturated heterocycles. The number of aromatic nitrogens is 3. The van der Waals surface area contributed by atoms with Crippen molar-refractivity contribution in [1.82, 2.24) is 15.0 Å². The third kappa shape index (κ3) is 4.53. The molecular formula is C24H21F3N6O. The van der Waals surface area contributed by atoms with E-state index in [0.717, 1.165) is 18.9 Å². The number of amides is 1. The molecule has 174 valence electrons. The Morgan fingerprint density at radius 1 is 1.41 bits per heavy atom. The zero-order valence-corrected chi connectivity index (χ0v) is 18.3. The molecule has 7 nitrogen and oxygen atoms in total. The van der Waals surface area contributed by atoms with Crippen LogP contribution in [0.5, 0.6) is 0 Å². The van der Waals surface area contributed by atoms with E-state index in [1.165, 1.54) is 0 Å². The average Bonchev–Trinajstić information content (AvgIpc) is 2.82. The van der Waals surface area contributed by atoms with Crippen LogP contribution in [-0.4, -0.2) is 33.9 Å². The molecule has 1 fully saturated rings. The molecule has 0 saturated carbocycles. The first kappa shape index (κ1) is 23.1. The number of carbonyl (C=O) groups excluding carboxylic acids is 1. The van der Waals surface area contributed by atoms with Gasteiger partial charge in [0.25, 0.3) is 6.43 Å². The Bertz CT molecular complexity index is 1280. The molecule has 1 aromatic carbocycles. The van der Waals surface area contributed by atoms with Crippen molar-refractivity contribution in [2.75, 3.05) is 23.3 Å². The Labute approximate surface area is 194 Å². The highest BCUT2D eigenvalue weighted by Gasteiger charge is 2.26. The van der Waals surface area contributed by atoms with E-state index in [4.69, 9.17) is 12.2 Å². The predicted octanol–water partition coefficient (Wildman–Crippen LogP) is 3.50. The van der Waals surface area contributed by atoms with Crippen LogP contribution in [0.4, 0.5) is 24.8 Å². The van der Waals surface area contributed by atoms with E-state index in [0.29, 0.717) is 35.6 Å². The molecule has 0 spiro atoms. The van der Waals surface area contributed by atoms with E-state index >= 15 is 0 Å². The molecular weight excluding hydrogens is 445 g/mol. The summed E-state index contributed by atoms with van der Waals surface area (Å²) in [7, 11) is 0. The highest BCUT2D eigenvalue weighted by Crippen LogP contribution is 2.31. The summed E-state index contributed by atoms with van der Waals surface area (Å²) in [5.41, 5.74) is 4.93. The van der Waals surface area contributed by atoms with Crippen LogP contribution < -0.4 is 16.0 Å². The molecule has 2 atom stereocenters. The smallest absolute Gasteiger partial charge is 0.267 e. The Morgan fingerprint density at radius 2 is 2.21 bits per heavy atom. The molecule has 0 aliphatic carbocycles. The number of carbonyl (C=O) groups is 1. The summed E-state index contributed by atoms with van der Waals surface area (Å²) in [6.07, 6.45) is 5.66. The van der Waals surface area contributed by atoms with Crippen molar-refractivity contribution >= 4 is 28.4 Å². The standard InChI is InChI=1S/C24H21F3N6O/c1-3-18(15-7-4-8-16(21(15)25)22(26)27)32-24-17-10-20(29-11-19(17)30-13(2)31-24)33-9-5-6-14(12-33)23(28)34/h1,8,10-11,14,18,22H,5-6,9,12H2,2H3,(H2,28,34)(H,30,31,32)/t14-,18+/m0/s1. The lowest BCUT2D eigenvalue weighted by Gasteiger charge is -2.32. The number of pyridine rings is 1.